The number of alkyl halides is 9. The van der Waals surface area contributed by atoms with Gasteiger partial charge in [-0.15, -0.1) is 0 Å². The molecule has 0 spiro atoms. The molecule has 3 N–H and O–H groups in total. The fraction of sp³-hybridized carbons (Fsp3) is 0.111. The third-order valence-electron chi connectivity index (χ3n) is 5.77. The molecule has 4 aromatic rings. The number of hydrogen-bond acceptors (Lipinski definition) is 7. The smallest absolute Gasteiger partial charge is 0.442 e. The Morgan fingerprint density at radius 1 is 0.489 bits per heavy atom. The van der Waals surface area contributed by atoms with Gasteiger partial charge in [0.1, 0.15) is 17.3 Å². The van der Waals surface area contributed by atoms with Crippen LogP contribution in [0.2, 0.25) is 0 Å². The van der Waals surface area contributed by atoms with E-state index in [1.54, 1.807) is 0 Å². The second-order valence-electron chi connectivity index (χ2n) is 9.34. The van der Waals surface area contributed by atoms with Gasteiger partial charge < -0.3 is 9.05 Å². The van der Waals surface area contributed by atoms with Crippen LogP contribution in [0.3, 0.4) is 0 Å². The Bertz CT molecular complexity index is 1640. The Morgan fingerprint density at radius 2 is 0.851 bits per heavy atom. The van der Waals surface area contributed by atoms with Crippen molar-refractivity contribution in [3.63, 3.8) is 0 Å². The quantitative estimate of drug-likeness (QED) is 0.123. The molecule has 0 aromatic heterocycles. The molecule has 0 amide bonds. The van der Waals surface area contributed by atoms with Crippen molar-refractivity contribution < 1.29 is 62.0 Å². The van der Waals surface area contributed by atoms with Gasteiger partial charge in [0.05, 0.1) is 16.7 Å². The van der Waals surface area contributed by atoms with Crippen molar-refractivity contribution >= 4 is 24.9 Å². The zero-order chi connectivity index (χ0) is 34.0. The summed E-state index contributed by atoms with van der Waals surface area (Å²) in [4.78, 5) is 8.27. The highest BCUT2D eigenvalue weighted by atomic mass is 31.3. The van der Waals surface area contributed by atoms with E-state index in [2.05, 4.69) is 14.6 Å². The molecule has 7 nitrogen and oxygen atoms in total. The third-order valence-corrected chi connectivity index (χ3v) is 12.5. The number of hydrogen-bond donors (Lipinski definition) is 3. The number of nitrogens with one attached hydrogen (secondary N) is 3. The van der Waals surface area contributed by atoms with Crippen LogP contribution in [0, 0.1) is 5.82 Å². The van der Waals surface area contributed by atoms with Gasteiger partial charge in [-0.3, -0.25) is 9.05 Å². The average Bonchev–Trinajstić information content (AvgIpc) is 2.96. The Balaban J connectivity index is 1.55. The van der Waals surface area contributed by atoms with E-state index in [9.17, 15) is 43.9 Å². The Kier molecular flexibility index (Phi) is 10.1. The van der Waals surface area contributed by atoms with Crippen LogP contribution in [0.5, 0.6) is 23.0 Å². The normalized spacial score (nSPS) is 20.4. The molecule has 2 unspecified atom stereocenters. The predicted octanol–water partition coefficient (Wildman–Crippen LogP) is 10.4. The molecule has 1 heterocycles. The molecular formula is C27H19F10N3O4P3+. The van der Waals surface area contributed by atoms with Crippen molar-refractivity contribution in [1.29, 1.82) is 0 Å². The number of rotatable bonds is 8. The summed E-state index contributed by atoms with van der Waals surface area (Å²) in [5.74, 6) is -2.07. The van der Waals surface area contributed by atoms with E-state index in [1.165, 1.54) is 24.3 Å². The summed E-state index contributed by atoms with van der Waals surface area (Å²) in [6.45, 7) is 0. The zero-order valence-corrected chi connectivity index (χ0v) is 25.7. The third kappa shape index (κ3) is 9.34. The van der Waals surface area contributed by atoms with Crippen molar-refractivity contribution in [2.75, 3.05) is 0 Å². The maximum absolute atomic E-state index is 14.1. The first kappa shape index (κ1) is 34.9. The van der Waals surface area contributed by atoms with E-state index in [4.69, 9.17) is 18.1 Å². The second-order valence-corrected chi connectivity index (χ2v) is 14.8. The van der Waals surface area contributed by atoms with Crippen LogP contribution in [0.25, 0.3) is 0 Å². The molecule has 0 bridgehead atoms. The first-order valence-electron chi connectivity index (χ1n) is 12.8. The molecule has 1 saturated heterocycles. The molecule has 0 radical (unpaired) electrons. The summed E-state index contributed by atoms with van der Waals surface area (Å²) in [5, 5.41) is 0. The van der Waals surface area contributed by atoms with Crippen LogP contribution in [0.15, 0.2) is 97.1 Å². The summed E-state index contributed by atoms with van der Waals surface area (Å²) in [6.07, 6.45) is -14.3. The monoisotopic (exact) mass is 732 g/mol. The van der Waals surface area contributed by atoms with Crippen LogP contribution < -0.4 is 32.7 Å². The van der Waals surface area contributed by atoms with E-state index in [-0.39, 0.29) is 17.2 Å². The molecule has 20 heteroatoms. The lowest BCUT2D eigenvalue weighted by atomic mass is 10.2. The minimum absolute atomic E-state index is 0.213. The lowest BCUT2D eigenvalue weighted by molar-refractivity contribution is -0.138. The van der Waals surface area contributed by atoms with Gasteiger partial charge in [0.2, 0.25) is 0 Å². The van der Waals surface area contributed by atoms with E-state index in [0.717, 1.165) is 54.6 Å². The molecule has 250 valence electrons. The molecule has 47 heavy (non-hydrogen) atoms. The van der Waals surface area contributed by atoms with Crippen LogP contribution in [0.1, 0.15) is 16.7 Å². The van der Waals surface area contributed by atoms with Gasteiger partial charge >= 0.3 is 26.5 Å². The van der Waals surface area contributed by atoms with Crippen molar-refractivity contribution in [2.45, 2.75) is 18.5 Å². The Morgan fingerprint density at radius 3 is 1.26 bits per heavy atom. The lowest BCUT2D eigenvalue weighted by Gasteiger charge is -2.34. The molecule has 1 aliphatic heterocycles. The van der Waals surface area contributed by atoms with Crippen LogP contribution >= 0.6 is 24.9 Å². The summed E-state index contributed by atoms with van der Waals surface area (Å²) in [6, 6.07) is 15.5. The molecular weight excluding hydrogens is 713 g/mol. The standard InChI is InChI=1S/C27H19F10N3O4P3/c28-20-8-4-12-24(16-20)44-47(43-23-11-3-7-19(15-23)27(35,36)37)39-45(41-21-9-1-5-17(13-21)25(29,30)31)38-46(40-47)42-22-10-2-6-18(14-22)26(32,33)34/h1-16,38-40H/q+1. The fourth-order valence-electron chi connectivity index (χ4n) is 3.79. The SMILES string of the molecule is Fc1cccc(O[P+]2(Oc3cccc(C(F)(F)F)c3)NP(Oc3cccc(C(F)(F)F)c3)NP(Oc3cccc(C(F)(F)F)c3)N2)c1. The topological polar surface area (TPSA) is 73.0 Å². The predicted molar refractivity (Wildman–Crippen MR) is 153 cm³/mol. The van der Waals surface area contributed by atoms with Gasteiger partial charge in [-0.2, -0.15) is 44.4 Å². The van der Waals surface area contributed by atoms with Crippen LogP contribution in [0.4, 0.5) is 43.9 Å². The summed E-state index contributed by atoms with van der Waals surface area (Å²) < 4.78 is 158. The maximum atomic E-state index is 14.1. The van der Waals surface area contributed by atoms with Crippen LogP contribution in [-0.2, 0) is 18.5 Å². The maximum Gasteiger partial charge on any atom is 0.534 e. The van der Waals surface area contributed by atoms with Crippen LogP contribution in [-0.4, -0.2) is 0 Å². The van der Waals surface area contributed by atoms with Gasteiger partial charge in [-0.1, -0.05) is 24.3 Å². The molecule has 1 fully saturated rings. The van der Waals surface area contributed by atoms with Crippen molar-refractivity contribution in [1.82, 2.24) is 14.6 Å². The Labute approximate surface area is 262 Å². The van der Waals surface area contributed by atoms with E-state index >= 15 is 0 Å². The molecule has 2 atom stereocenters. The highest BCUT2D eigenvalue weighted by Crippen LogP contribution is 2.67. The van der Waals surface area contributed by atoms with Gasteiger partial charge in [0.25, 0.3) is 16.9 Å². The van der Waals surface area contributed by atoms with Gasteiger partial charge in [0.15, 0.2) is 11.5 Å². The van der Waals surface area contributed by atoms with Crippen molar-refractivity contribution in [3.05, 3.63) is 120 Å². The molecule has 5 rings (SSSR count). The largest absolute Gasteiger partial charge is 0.534 e. The summed E-state index contributed by atoms with van der Waals surface area (Å²) in [5.41, 5.74) is -3.25. The molecule has 1 aliphatic rings. The van der Waals surface area contributed by atoms with E-state index in [0.29, 0.717) is 18.2 Å². The highest BCUT2D eigenvalue weighted by molar-refractivity contribution is 7.85. The van der Waals surface area contributed by atoms with E-state index < -0.39 is 71.7 Å². The molecule has 4 aromatic carbocycles. The van der Waals surface area contributed by atoms with Crippen molar-refractivity contribution in [3.8, 4) is 23.0 Å². The van der Waals surface area contributed by atoms with Gasteiger partial charge in [0, 0.05) is 6.07 Å². The first-order valence-corrected chi connectivity index (χ1v) is 17.0. The zero-order valence-electron chi connectivity index (χ0n) is 23.0. The fourth-order valence-corrected chi connectivity index (χ4v) is 10.9. The summed E-state index contributed by atoms with van der Waals surface area (Å²) >= 11 is 0. The molecule has 0 saturated carbocycles. The summed E-state index contributed by atoms with van der Waals surface area (Å²) in [7, 11) is -9.02. The molecule has 0 aliphatic carbocycles. The number of benzene rings is 4. The first-order chi connectivity index (χ1) is 22.0. The van der Waals surface area contributed by atoms with Gasteiger partial charge in [-0.05, 0) is 76.4 Å². The minimum Gasteiger partial charge on any atom is -0.442 e. The minimum atomic E-state index is -4.79. The average molecular weight is 732 g/mol. The lowest BCUT2D eigenvalue weighted by Crippen LogP contribution is -2.41. The second kappa shape index (κ2) is 13.6. The number of halogens is 10. The Hall–Kier alpha value is -3.45. The van der Waals surface area contributed by atoms with Gasteiger partial charge in [-0.25, -0.2) is 4.39 Å². The highest BCUT2D eigenvalue weighted by Gasteiger charge is 2.58. The van der Waals surface area contributed by atoms with E-state index in [1.807, 2.05) is 0 Å². The van der Waals surface area contributed by atoms with Crippen molar-refractivity contribution in [2.24, 2.45) is 0 Å².